The summed E-state index contributed by atoms with van der Waals surface area (Å²) in [5.41, 5.74) is 28.8. The van der Waals surface area contributed by atoms with Crippen molar-refractivity contribution in [2.45, 2.75) is 10.8 Å². The Balaban J connectivity index is 0.000000131. The van der Waals surface area contributed by atoms with Gasteiger partial charge in [0.15, 0.2) is 0 Å². The van der Waals surface area contributed by atoms with Crippen molar-refractivity contribution < 1.29 is 0 Å². The molecule has 0 atom stereocenters. The van der Waals surface area contributed by atoms with Crippen LogP contribution in [0.15, 0.2) is 320 Å². The molecule has 12 aromatic rings. The van der Waals surface area contributed by atoms with Gasteiger partial charge in [0, 0.05) is 27.1 Å². The molecule has 0 aromatic heterocycles. The van der Waals surface area contributed by atoms with E-state index in [0.29, 0.717) is 0 Å². The molecule has 3 heteroatoms. The molecule has 0 saturated heterocycles. The number of nitrogens with two attached hydrogens (primary N) is 1. The zero-order chi connectivity index (χ0) is 52.0. The van der Waals surface area contributed by atoms with Crippen LogP contribution in [-0.2, 0) is 10.8 Å². The van der Waals surface area contributed by atoms with Crippen LogP contribution in [0.4, 0.5) is 17.1 Å². The fourth-order valence-corrected chi connectivity index (χ4v) is 12.4. The summed E-state index contributed by atoms with van der Waals surface area (Å²) in [5, 5.41) is 3.77. The highest BCUT2D eigenvalue weighted by Gasteiger charge is 2.47. The summed E-state index contributed by atoms with van der Waals surface area (Å²) in [5.74, 6) is 0. The van der Waals surface area contributed by atoms with E-state index in [1.165, 1.54) is 89.0 Å². The van der Waals surface area contributed by atoms with E-state index in [0.717, 1.165) is 21.5 Å². The van der Waals surface area contributed by atoms with Crippen molar-refractivity contribution in [3.63, 3.8) is 0 Å². The number of hydrogen-bond acceptors (Lipinski definition) is 2. The van der Waals surface area contributed by atoms with Gasteiger partial charge in [0.05, 0.1) is 10.8 Å². The van der Waals surface area contributed by atoms with E-state index in [9.17, 15) is 0 Å². The van der Waals surface area contributed by atoms with E-state index in [-0.39, 0.29) is 5.41 Å². The number of nitrogen functional groups attached to an aromatic ring is 1. The Kier molecular flexibility index (Phi) is 13.6. The molecule has 0 amide bonds. The van der Waals surface area contributed by atoms with Crippen molar-refractivity contribution >= 4 is 33.0 Å². The number of halogens is 1. The lowest BCUT2D eigenvalue weighted by Crippen LogP contribution is -2.28. The standard InChI is InChI=1S/C37H27N.C25H19N.C12H9Br/c1-4-14-27(15-5-1)31-20-11-13-23-36(31)38-30-24-25-33-32-21-10-12-22-34(32)37(35(33)26-30,28-16-6-2-7-17-28)29-18-8-3-9-19-29;26-20-15-16-22-21-13-7-8-14-23(21)25(24(22)17-20,18-9-3-1-4-10-18)19-11-5-2-6-12-19;13-12-9-5-4-8-11(12)10-6-2-1-3-7-10/h1-26,38H;1-17H,26H2;1-9H. The Morgan fingerprint density at radius 1 is 0.273 bits per heavy atom. The molecule has 14 rings (SSSR count). The molecule has 0 heterocycles. The molecule has 0 unspecified atom stereocenters. The summed E-state index contributed by atoms with van der Waals surface area (Å²) in [6.45, 7) is 0. The second-order valence-corrected chi connectivity index (χ2v) is 20.4. The molecule has 2 aliphatic rings. The fourth-order valence-electron chi connectivity index (χ4n) is 11.9. The molecule has 368 valence electrons. The largest absolute Gasteiger partial charge is 0.399 e. The minimum atomic E-state index is -0.398. The first-order chi connectivity index (χ1) is 38.0. The fraction of sp³-hybridized carbons (Fsp3) is 0.0270. The molecule has 0 fully saturated rings. The Bertz CT molecular complexity index is 3880. The number of para-hydroxylation sites is 1. The van der Waals surface area contributed by atoms with E-state index in [1.807, 2.05) is 24.3 Å². The van der Waals surface area contributed by atoms with Gasteiger partial charge in [-0.1, -0.05) is 295 Å². The minimum Gasteiger partial charge on any atom is -0.399 e. The predicted molar refractivity (Wildman–Crippen MR) is 327 cm³/mol. The van der Waals surface area contributed by atoms with Crippen LogP contribution in [0.2, 0.25) is 0 Å². The van der Waals surface area contributed by atoms with Gasteiger partial charge < -0.3 is 11.1 Å². The van der Waals surface area contributed by atoms with Gasteiger partial charge in [-0.3, -0.25) is 0 Å². The second-order valence-electron chi connectivity index (χ2n) is 19.5. The molecule has 2 aliphatic carbocycles. The maximum atomic E-state index is 6.24. The molecular formula is C74H55BrN2. The first-order valence-corrected chi connectivity index (χ1v) is 27.0. The van der Waals surface area contributed by atoms with Crippen LogP contribution in [0.5, 0.6) is 0 Å². The zero-order valence-corrected chi connectivity index (χ0v) is 44.1. The molecule has 12 aromatic carbocycles. The van der Waals surface area contributed by atoms with Crippen LogP contribution >= 0.6 is 15.9 Å². The SMILES string of the molecule is Brc1ccccc1-c1ccccc1.Nc1ccc2c(c1)C(c1ccccc1)(c1ccccc1)c1ccccc1-2.c1ccc(-c2ccccc2Nc2ccc3c(c2)C(c2ccccc2)(c2ccccc2)c2ccccc2-3)cc1. The van der Waals surface area contributed by atoms with E-state index >= 15 is 0 Å². The van der Waals surface area contributed by atoms with Crippen LogP contribution < -0.4 is 11.1 Å². The summed E-state index contributed by atoms with van der Waals surface area (Å²) < 4.78 is 1.14. The van der Waals surface area contributed by atoms with Crippen molar-refractivity contribution in [1.29, 1.82) is 0 Å². The van der Waals surface area contributed by atoms with Gasteiger partial charge in [-0.25, -0.2) is 0 Å². The van der Waals surface area contributed by atoms with Crippen molar-refractivity contribution in [3.05, 3.63) is 364 Å². The van der Waals surface area contributed by atoms with Crippen molar-refractivity contribution in [1.82, 2.24) is 0 Å². The number of anilines is 3. The lowest BCUT2D eigenvalue weighted by Gasteiger charge is -2.34. The first-order valence-electron chi connectivity index (χ1n) is 26.2. The van der Waals surface area contributed by atoms with E-state index in [1.54, 1.807) is 0 Å². The first kappa shape index (κ1) is 48.6. The molecule has 0 bridgehead atoms. The Labute approximate surface area is 461 Å². The molecule has 3 N–H and O–H groups in total. The third-order valence-electron chi connectivity index (χ3n) is 15.2. The summed E-state index contributed by atoms with van der Waals surface area (Å²) in [6.07, 6.45) is 0. The highest BCUT2D eigenvalue weighted by Crippen LogP contribution is 2.58. The second kappa shape index (κ2) is 21.5. The molecule has 0 radical (unpaired) electrons. The average Bonchev–Trinajstić information content (AvgIpc) is 4.18. The minimum absolute atomic E-state index is 0.343. The number of rotatable bonds is 8. The predicted octanol–water partition coefficient (Wildman–Crippen LogP) is 19.2. The van der Waals surface area contributed by atoms with Crippen LogP contribution in [0, 0.1) is 0 Å². The summed E-state index contributed by atoms with van der Waals surface area (Å²) >= 11 is 3.53. The topological polar surface area (TPSA) is 38.0 Å². The monoisotopic (exact) mass is 1050 g/mol. The van der Waals surface area contributed by atoms with Gasteiger partial charge in [0.25, 0.3) is 0 Å². The number of nitrogens with one attached hydrogen (secondary N) is 1. The van der Waals surface area contributed by atoms with E-state index < -0.39 is 5.41 Å². The molecule has 0 saturated carbocycles. The molecule has 77 heavy (non-hydrogen) atoms. The highest BCUT2D eigenvalue weighted by molar-refractivity contribution is 9.10. The Morgan fingerprint density at radius 3 is 1.08 bits per heavy atom. The quantitative estimate of drug-likeness (QED) is 0.149. The molecular weight excluding hydrogens is 997 g/mol. The van der Waals surface area contributed by atoms with Gasteiger partial charge in [0.2, 0.25) is 0 Å². The third-order valence-corrected chi connectivity index (χ3v) is 15.9. The lowest BCUT2D eigenvalue weighted by molar-refractivity contribution is 0.769. The Hall–Kier alpha value is -9.28. The molecule has 0 aliphatic heterocycles. The number of benzene rings is 12. The van der Waals surface area contributed by atoms with Gasteiger partial charge in [-0.15, -0.1) is 0 Å². The highest BCUT2D eigenvalue weighted by atomic mass is 79.9. The normalized spacial score (nSPS) is 12.7. The zero-order valence-electron chi connectivity index (χ0n) is 42.5. The average molecular weight is 1050 g/mol. The third kappa shape index (κ3) is 8.95. The number of fused-ring (bicyclic) bond motifs is 6. The van der Waals surface area contributed by atoms with E-state index in [2.05, 4.69) is 312 Å². The van der Waals surface area contributed by atoms with Crippen molar-refractivity contribution in [3.8, 4) is 44.5 Å². The van der Waals surface area contributed by atoms with Crippen molar-refractivity contribution in [2.75, 3.05) is 11.1 Å². The number of hydrogen-bond donors (Lipinski definition) is 2. The van der Waals surface area contributed by atoms with Crippen LogP contribution in [0.1, 0.15) is 44.5 Å². The Morgan fingerprint density at radius 2 is 0.610 bits per heavy atom. The lowest BCUT2D eigenvalue weighted by atomic mass is 9.67. The van der Waals surface area contributed by atoms with Crippen LogP contribution in [0.25, 0.3) is 44.5 Å². The van der Waals surface area contributed by atoms with Crippen molar-refractivity contribution in [2.24, 2.45) is 0 Å². The van der Waals surface area contributed by atoms with Gasteiger partial charge in [-0.05, 0) is 120 Å². The van der Waals surface area contributed by atoms with Gasteiger partial charge >= 0.3 is 0 Å². The van der Waals surface area contributed by atoms with Crippen LogP contribution in [0.3, 0.4) is 0 Å². The summed E-state index contributed by atoms with van der Waals surface area (Å²) in [6, 6.07) is 112. The molecule has 0 spiro atoms. The summed E-state index contributed by atoms with van der Waals surface area (Å²) in [4.78, 5) is 0. The van der Waals surface area contributed by atoms with Gasteiger partial charge in [0.1, 0.15) is 0 Å². The summed E-state index contributed by atoms with van der Waals surface area (Å²) in [7, 11) is 0. The maximum absolute atomic E-state index is 6.24. The maximum Gasteiger partial charge on any atom is 0.0714 e. The molecule has 2 nitrogen and oxygen atoms in total. The van der Waals surface area contributed by atoms with Crippen LogP contribution in [-0.4, -0.2) is 0 Å². The smallest absolute Gasteiger partial charge is 0.0714 e. The van der Waals surface area contributed by atoms with Gasteiger partial charge in [-0.2, -0.15) is 0 Å². The van der Waals surface area contributed by atoms with E-state index in [4.69, 9.17) is 5.73 Å².